The summed E-state index contributed by atoms with van der Waals surface area (Å²) in [5, 5.41) is 2.99. The molecule has 1 heterocycles. The third kappa shape index (κ3) is 3.51. The fourth-order valence-electron chi connectivity index (χ4n) is 1.25. The second-order valence-electron chi connectivity index (χ2n) is 3.36. The number of hydrogen-bond donors (Lipinski definition) is 1. The summed E-state index contributed by atoms with van der Waals surface area (Å²) < 4.78 is 10.1. The minimum absolute atomic E-state index is 0.00889. The highest BCUT2D eigenvalue weighted by Gasteiger charge is 2.09. The maximum atomic E-state index is 11.3. The van der Waals surface area contributed by atoms with Crippen molar-refractivity contribution in [2.45, 2.75) is 13.0 Å². The van der Waals surface area contributed by atoms with Gasteiger partial charge in [0.2, 0.25) is 5.88 Å². The van der Waals surface area contributed by atoms with Crippen molar-refractivity contribution in [1.82, 2.24) is 10.3 Å². The monoisotopic (exact) mass is 224 g/mol. The molecule has 0 bridgehead atoms. The Morgan fingerprint density at radius 1 is 1.62 bits per heavy atom. The molecule has 0 radical (unpaired) electrons. The van der Waals surface area contributed by atoms with Crippen LogP contribution in [0, 0.1) is 0 Å². The van der Waals surface area contributed by atoms with E-state index in [1.54, 1.807) is 12.1 Å². The zero-order chi connectivity index (χ0) is 12.0. The van der Waals surface area contributed by atoms with E-state index in [1.807, 2.05) is 14.0 Å². The molecule has 0 spiro atoms. The van der Waals surface area contributed by atoms with Crippen LogP contribution in [0.2, 0.25) is 0 Å². The molecule has 0 aliphatic carbocycles. The molecule has 0 saturated carbocycles. The van der Waals surface area contributed by atoms with Crippen molar-refractivity contribution in [1.29, 1.82) is 0 Å². The first-order valence-corrected chi connectivity index (χ1v) is 5.03. The van der Waals surface area contributed by atoms with Crippen molar-refractivity contribution < 1.29 is 14.3 Å². The Morgan fingerprint density at radius 3 is 3.00 bits per heavy atom. The van der Waals surface area contributed by atoms with E-state index in [1.165, 1.54) is 13.3 Å². The second kappa shape index (κ2) is 6.07. The Labute approximate surface area is 94.8 Å². The molecule has 0 amide bonds. The summed E-state index contributed by atoms with van der Waals surface area (Å²) in [6, 6.07) is 3.15. The van der Waals surface area contributed by atoms with Gasteiger partial charge in [-0.1, -0.05) is 0 Å². The quantitative estimate of drug-likeness (QED) is 0.751. The standard InChI is InChI=1S/C11H16N2O3/c1-8(7-12-2)16-10-6-9(4-5-13-10)11(14)15-3/h4-6,8,12H,7H2,1-3H3. The summed E-state index contributed by atoms with van der Waals surface area (Å²) in [5.74, 6) is 0.0270. The number of rotatable bonds is 5. The van der Waals surface area contributed by atoms with Gasteiger partial charge in [0.15, 0.2) is 0 Å². The number of likely N-dealkylation sites (N-methyl/N-ethyl adjacent to an activating group) is 1. The number of esters is 1. The van der Waals surface area contributed by atoms with E-state index in [9.17, 15) is 4.79 Å². The number of carbonyl (C=O) groups is 1. The van der Waals surface area contributed by atoms with Crippen LogP contribution < -0.4 is 10.1 Å². The molecule has 0 aliphatic heterocycles. The van der Waals surface area contributed by atoms with Crippen LogP contribution in [0.4, 0.5) is 0 Å². The second-order valence-corrected chi connectivity index (χ2v) is 3.36. The van der Waals surface area contributed by atoms with E-state index in [0.29, 0.717) is 18.0 Å². The normalized spacial score (nSPS) is 11.9. The molecule has 1 atom stereocenters. The van der Waals surface area contributed by atoms with Crippen LogP contribution in [-0.2, 0) is 4.74 Å². The maximum Gasteiger partial charge on any atom is 0.338 e. The summed E-state index contributed by atoms with van der Waals surface area (Å²) in [6.07, 6.45) is 1.51. The molecule has 88 valence electrons. The summed E-state index contributed by atoms with van der Waals surface area (Å²) in [4.78, 5) is 15.3. The smallest absolute Gasteiger partial charge is 0.338 e. The van der Waals surface area contributed by atoms with Crippen LogP contribution in [0.25, 0.3) is 0 Å². The fourth-order valence-corrected chi connectivity index (χ4v) is 1.25. The molecule has 5 heteroatoms. The first kappa shape index (κ1) is 12.4. The van der Waals surface area contributed by atoms with Crippen LogP contribution in [0.15, 0.2) is 18.3 Å². The average molecular weight is 224 g/mol. The lowest BCUT2D eigenvalue weighted by atomic mass is 10.3. The van der Waals surface area contributed by atoms with Crippen molar-refractivity contribution in [2.24, 2.45) is 0 Å². The number of nitrogens with one attached hydrogen (secondary N) is 1. The SMILES string of the molecule is CNCC(C)Oc1cc(C(=O)OC)ccn1. The fraction of sp³-hybridized carbons (Fsp3) is 0.455. The third-order valence-electron chi connectivity index (χ3n) is 1.97. The molecular weight excluding hydrogens is 208 g/mol. The van der Waals surface area contributed by atoms with Crippen LogP contribution >= 0.6 is 0 Å². The minimum Gasteiger partial charge on any atom is -0.473 e. The van der Waals surface area contributed by atoms with Gasteiger partial charge in [-0.05, 0) is 20.0 Å². The molecular formula is C11H16N2O3. The zero-order valence-corrected chi connectivity index (χ0v) is 9.69. The highest BCUT2D eigenvalue weighted by Crippen LogP contribution is 2.11. The lowest BCUT2D eigenvalue weighted by Crippen LogP contribution is -2.26. The van der Waals surface area contributed by atoms with E-state index in [0.717, 1.165) is 0 Å². The summed E-state index contributed by atoms with van der Waals surface area (Å²) in [5.41, 5.74) is 0.434. The molecule has 5 nitrogen and oxygen atoms in total. The van der Waals surface area contributed by atoms with E-state index < -0.39 is 5.97 Å². The summed E-state index contributed by atoms with van der Waals surface area (Å²) >= 11 is 0. The number of ether oxygens (including phenoxy) is 2. The van der Waals surface area contributed by atoms with Gasteiger partial charge in [0.25, 0.3) is 0 Å². The third-order valence-corrected chi connectivity index (χ3v) is 1.97. The molecule has 0 aromatic carbocycles. The molecule has 0 aliphatic rings. The topological polar surface area (TPSA) is 60.5 Å². The van der Waals surface area contributed by atoms with Crippen LogP contribution in [0.1, 0.15) is 17.3 Å². The predicted molar refractivity (Wildman–Crippen MR) is 59.6 cm³/mol. The Bertz CT molecular complexity index is 355. The first-order chi connectivity index (χ1) is 7.67. The van der Waals surface area contributed by atoms with Crippen LogP contribution in [0.3, 0.4) is 0 Å². The highest BCUT2D eigenvalue weighted by atomic mass is 16.5. The van der Waals surface area contributed by atoms with Gasteiger partial charge in [0.05, 0.1) is 12.7 Å². The summed E-state index contributed by atoms with van der Waals surface area (Å²) in [7, 11) is 3.19. The van der Waals surface area contributed by atoms with E-state index in [4.69, 9.17) is 4.74 Å². The predicted octanol–water partition coefficient (Wildman–Crippen LogP) is 0.855. The van der Waals surface area contributed by atoms with Gasteiger partial charge >= 0.3 is 5.97 Å². The van der Waals surface area contributed by atoms with Crippen molar-refractivity contribution in [3.05, 3.63) is 23.9 Å². The molecule has 1 unspecified atom stereocenters. The van der Waals surface area contributed by atoms with E-state index in [-0.39, 0.29) is 6.10 Å². The Kier molecular flexibility index (Phi) is 4.72. The van der Waals surface area contributed by atoms with E-state index >= 15 is 0 Å². The zero-order valence-electron chi connectivity index (χ0n) is 9.69. The van der Waals surface area contributed by atoms with Crippen LogP contribution in [-0.4, -0.2) is 37.8 Å². The molecule has 0 fully saturated rings. The van der Waals surface area contributed by atoms with Gasteiger partial charge in [-0.25, -0.2) is 9.78 Å². The Morgan fingerprint density at radius 2 is 2.38 bits per heavy atom. The van der Waals surface area contributed by atoms with E-state index in [2.05, 4.69) is 15.0 Å². The van der Waals surface area contributed by atoms with Crippen molar-refractivity contribution in [3.8, 4) is 5.88 Å². The lowest BCUT2D eigenvalue weighted by Gasteiger charge is -2.13. The highest BCUT2D eigenvalue weighted by molar-refractivity contribution is 5.89. The van der Waals surface area contributed by atoms with Gasteiger partial charge in [0.1, 0.15) is 6.10 Å². The molecule has 0 saturated heterocycles. The number of carbonyl (C=O) groups excluding carboxylic acids is 1. The summed E-state index contributed by atoms with van der Waals surface area (Å²) in [6.45, 7) is 2.63. The number of pyridine rings is 1. The van der Waals surface area contributed by atoms with Crippen molar-refractivity contribution in [3.63, 3.8) is 0 Å². The number of hydrogen-bond acceptors (Lipinski definition) is 5. The molecule has 1 aromatic heterocycles. The number of methoxy groups -OCH3 is 1. The minimum atomic E-state index is -0.395. The van der Waals surface area contributed by atoms with Crippen LogP contribution in [0.5, 0.6) is 5.88 Å². The van der Waals surface area contributed by atoms with Gasteiger partial charge in [0, 0.05) is 18.8 Å². The first-order valence-electron chi connectivity index (χ1n) is 5.03. The number of nitrogens with zero attached hydrogens (tertiary/aromatic N) is 1. The Balaban J connectivity index is 2.70. The number of aromatic nitrogens is 1. The molecule has 1 aromatic rings. The van der Waals surface area contributed by atoms with Gasteiger partial charge in [-0.3, -0.25) is 0 Å². The lowest BCUT2D eigenvalue weighted by molar-refractivity contribution is 0.0599. The average Bonchev–Trinajstić information content (AvgIpc) is 2.28. The van der Waals surface area contributed by atoms with Crippen molar-refractivity contribution in [2.75, 3.05) is 20.7 Å². The van der Waals surface area contributed by atoms with Gasteiger partial charge in [-0.15, -0.1) is 0 Å². The van der Waals surface area contributed by atoms with Gasteiger partial charge < -0.3 is 14.8 Å². The molecule has 16 heavy (non-hydrogen) atoms. The maximum absolute atomic E-state index is 11.3. The molecule has 1 N–H and O–H groups in total. The van der Waals surface area contributed by atoms with Crippen molar-refractivity contribution >= 4 is 5.97 Å². The van der Waals surface area contributed by atoms with Gasteiger partial charge in [-0.2, -0.15) is 0 Å². The Hall–Kier alpha value is -1.62. The largest absolute Gasteiger partial charge is 0.473 e. The molecule has 1 rings (SSSR count).